The van der Waals surface area contributed by atoms with Crippen LogP contribution in [-0.2, 0) is 17.8 Å². The Hall–Kier alpha value is -5.63. The molecule has 0 saturated heterocycles. The summed E-state index contributed by atoms with van der Waals surface area (Å²) in [7, 11) is 1.55. The maximum absolute atomic E-state index is 12.6. The maximum Gasteiger partial charge on any atom is 0.349 e. The van der Waals surface area contributed by atoms with E-state index < -0.39 is 17.5 Å². The van der Waals surface area contributed by atoms with Crippen LogP contribution >= 0.6 is 0 Å². The summed E-state index contributed by atoms with van der Waals surface area (Å²) in [6.07, 6.45) is 3.51. The molecule has 0 fully saturated rings. The van der Waals surface area contributed by atoms with Crippen LogP contribution in [0.2, 0.25) is 0 Å². The molecule has 8 nitrogen and oxygen atoms in total. The van der Waals surface area contributed by atoms with Crippen molar-refractivity contribution in [2.75, 3.05) is 13.7 Å². The third-order valence-electron chi connectivity index (χ3n) is 6.55. The lowest BCUT2D eigenvalue weighted by atomic mass is 10.1. The van der Waals surface area contributed by atoms with Gasteiger partial charge in [0.25, 0.3) is 5.91 Å². The van der Waals surface area contributed by atoms with Gasteiger partial charge in [0.1, 0.15) is 23.5 Å². The topological polar surface area (TPSA) is 104 Å². The number of hydrogen-bond donors (Lipinski definition) is 1. The minimum atomic E-state index is -0.779. The van der Waals surface area contributed by atoms with Gasteiger partial charge in [0, 0.05) is 24.1 Å². The number of benzene rings is 4. The second kappa shape index (κ2) is 13.8. The molecule has 216 valence electrons. The van der Waals surface area contributed by atoms with Crippen molar-refractivity contribution in [3.8, 4) is 17.2 Å². The third-order valence-corrected chi connectivity index (χ3v) is 6.55. The van der Waals surface area contributed by atoms with E-state index in [0.717, 1.165) is 11.1 Å². The van der Waals surface area contributed by atoms with E-state index in [0.29, 0.717) is 42.0 Å². The first-order valence-corrected chi connectivity index (χ1v) is 13.6. The number of rotatable bonds is 11. The van der Waals surface area contributed by atoms with Gasteiger partial charge in [0.2, 0.25) is 0 Å². The molecule has 0 spiro atoms. The van der Waals surface area contributed by atoms with E-state index in [9.17, 15) is 14.4 Å². The Bertz CT molecular complexity index is 1810. The van der Waals surface area contributed by atoms with Gasteiger partial charge < -0.3 is 23.9 Å². The summed E-state index contributed by atoms with van der Waals surface area (Å²) in [6, 6.07) is 30.9. The second-order valence-electron chi connectivity index (χ2n) is 9.58. The Morgan fingerprint density at radius 3 is 2.33 bits per heavy atom. The summed E-state index contributed by atoms with van der Waals surface area (Å²) in [6.45, 7) is 0.773. The average Bonchev–Trinajstić information content (AvgIpc) is 3.03. The number of hydrogen-bond acceptors (Lipinski definition) is 7. The van der Waals surface area contributed by atoms with Crippen LogP contribution in [0, 0.1) is 0 Å². The Labute approximate surface area is 248 Å². The van der Waals surface area contributed by atoms with Gasteiger partial charge in [-0.05, 0) is 59.5 Å². The Kier molecular flexibility index (Phi) is 9.29. The van der Waals surface area contributed by atoms with Crippen molar-refractivity contribution >= 4 is 28.9 Å². The minimum absolute atomic E-state index is 0.0971. The maximum atomic E-state index is 12.6. The molecule has 0 aliphatic rings. The first-order chi connectivity index (χ1) is 21.0. The van der Waals surface area contributed by atoms with Crippen LogP contribution in [-0.4, -0.2) is 25.5 Å². The number of methoxy groups -OCH3 is 1. The quantitative estimate of drug-likeness (QED) is 0.0895. The lowest BCUT2D eigenvalue weighted by molar-refractivity contribution is -0.128. The average molecular weight is 576 g/mol. The van der Waals surface area contributed by atoms with Crippen LogP contribution in [0.1, 0.15) is 27.0 Å². The standard InChI is InChI=1S/C35H29NO7/c1-40-32-20-25(12-16-30(32)41-23-26-10-6-3-7-11-26)13-17-33(37)42-28-15-14-27-21-29(35(39)43-31(27)22-28)34(38)36-19-18-24-8-4-2-5-9-24/h2-17,20-22H,18-19,23H2,1H3,(H,36,38)/b17-13+. The molecule has 5 rings (SSSR count). The van der Waals surface area contributed by atoms with Gasteiger partial charge in [-0.3, -0.25) is 4.79 Å². The van der Waals surface area contributed by atoms with Gasteiger partial charge in [-0.1, -0.05) is 66.7 Å². The molecule has 0 bridgehead atoms. The second-order valence-corrected chi connectivity index (χ2v) is 9.58. The van der Waals surface area contributed by atoms with E-state index in [-0.39, 0.29) is 16.9 Å². The van der Waals surface area contributed by atoms with E-state index in [4.69, 9.17) is 18.6 Å². The number of nitrogens with one attached hydrogen (secondary N) is 1. The molecule has 43 heavy (non-hydrogen) atoms. The first-order valence-electron chi connectivity index (χ1n) is 13.6. The summed E-state index contributed by atoms with van der Waals surface area (Å²) in [5, 5.41) is 3.27. The van der Waals surface area contributed by atoms with Gasteiger partial charge in [-0.2, -0.15) is 0 Å². The molecule has 0 aliphatic carbocycles. The molecule has 4 aromatic carbocycles. The number of fused-ring (bicyclic) bond motifs is 1. The largest absolute Gasteiger partial charge is 0.493 e. The number of carbonyl (C=O) groups is 2. The third kappa shape index (κ3) is 7.77. The lowest BCUT2D eigenvalue weighted by Gasteiger charge is -2.11. The molecule has 1 aromatic heterocycles. The Morgan fingerprint density at radius 1 is 0.837 bits per heavy atom. The van der Waals surface area contributed by atoms with Crippen molar-refractivity contribution in [3.05, 3.63) is 142 Å². The van der Waals surface area contributed by atoms with Crippen molar-refractivity contribution in [2.24, 2.45) is 0 Å². The summed E-state index contributed by atoms with van der Waals surface area (Å²) in [5.74, 6) is 0.156. The van der Waals surface area contributed by atoms with E-state index in [1.54, 1.807) is 43.5 Å². The predicted molar refractivity (Wildman–Crippen MR) is 163 cm³/mol. The molecule has 0 saturated carbocycles. The molecule has 0 atom stereocenters. The van der Waals surface area contributed by atoms with E-state index in [2.05, 4.69) is 5.32 Å². The zero-order chi connectivity index (χ0) is 30.0. The molecule has 0 unspecified atom stereocenters. The van der Waals surface area contributed by atoms with E-state index >= 15 is 0 Å². The highest BCUT2D eigenvalue weighted by atomic mass is 16.5. The normalized spacial score (nSPS) is 10.9. The molecular formula is C35H29NO7. The van der Waals surface area contributed by atoms with Crippen LogP contribution in [0.3, 0.4) is 0 Å². The zero-order valence-electron chi connectivity index (χ0n) is 23.4. The monoisotopic (exact) mass is 575 g/mol. The molecule has 1 amide bonds. The Morgan fingerprint density at radius 2 is 1.58 bits per heavy atom. The Balaban J connectivity index is 1.19. The summed E-state index contributed by atoms with van der Waals surface area (Å²) in [4.78, 5) is 37.6. The molecule has 8 heteroatoms. The smallest absolute Gasteiger partial charge is 0.349 e. The van der Waals surface area contributed by atoms with Crippen molar-refractivity contribution in [3.63, 3.8) is 0 Å². The van der Waals surface area contributed by atoms with Gasteiger partial charge in [0.15, 0.2) is 11.5 Å². The first kappa shape index (κ1) is 28.9. The van der Waals surface area contributed by atoms with Crippen molar-refractivity contribution in [1.29, 1.82) is 0 Å². The van der Waals surface area contributed by atoms with Crippen LogP contribution in [0.4, 0.5) is 0 Å². The molecule has 0 aliphatic heterocycles. The van der Waals surface area contributed by atoms with Crippen LogP contribution in [0.15, 0.2) is 118 Å². The van der Waals surface area contributed by atoms with Crippen molar-refractivity contribution < 1.29 is 28.2 Å². The van der Waals surface area contributed by atoms with Crippen LogP contribution < -0.4 is 25.2 Å². The summed E-state index contributed by atoms with van der Waals surface area (Å²) >= 11 is 0. The molecule has 5 aromatic rings. The number of esters is 1. The fourth-order valence-electron chi connectivity index (χ4n) is 4.33. The van der Waals surface area contributed by atoms with Gasteiger partial charge in [-0.15, -0.1) is 0 Å². The zero-order valence-corrected chi connectivity index (χ0v) is 23.4. The fraction of sp³-hybridized carbons (Fsp3) is 0.114. The van der Waals surface area contributed by atoms with Gasteiger partial charge in [-0.25, -0.2) is 9.59 Å². The summed E-state index contributed by atoms with van der Waals surface area (Å²) in [5.41, 5.74) is 2.13. The highest BCUT2D eigenvalue weighted by Crippen LogP contribution is 2.29. The van der Waals surface area contributed by atoms with Crippen LogP contribution in [0.5, 0.6) is 17.2 Å². The molecule has 1 heterocycles. The van der Waals surface area contributed by atoms with Gasteiger partial charge in [0.05, 0.1) is 7.11 Å². The molecular weight excluding hydrogens is 546 g/mol. The lowest BCUT2D eigenvalue weighted by Crippen LogP contribution is -2.29. The minimum Gasteiger partial charge on any atom is -0.493 e. The predicted octanol–water partition coefficient (Wildman–Crippen LogP) is 5.97. The fourth-order valence-corrected chi connectivity index (χ4v) is 4.33. The number of amides is 1. The highest BCUT2D eigenvalue weighted by Gasteiger charge is 2.14. The van der Waals surface area contributed by atoms with E-state index in [1.165, 1.54) is 18.2 Å². The molecule has 1 N–H and O–H groups in total. The van der Waals surface area contributed by atoms with Gasteiger partial charge >= 0.3 is 11.6 Å². The van der Waals surface area contributed by atoms with Crippen LogP contribution in [0.25, 0.3) is 17.0 Å². The van der Waals surface area contributed by atoms with E-state index in [1.807, 2.05) is 60.7 Å². The molecule has 0 radical (unpaired) electrons. The highest BCUT2D eigenvalue weighted by molar-refractivity contribution is 5.97. The summed E-state index contributed by atoms with van der Waals surface area (Å²) < 4.78 is 22.1. The van der Waals surface area contributed by atoms with Crippen molar-refractivity contribution in [1.82, 2.24) is 5.32 Å². The number of carbonyl (C=O) groups excluding carboxylic acids is 2. The van der Waals surface area contributed by atoms with Crippen molar-refractivity contribution in [2.45, 2.75) is 13.0 Å². The number of ether oxygens (including phenoxy) is 3. The SMILES string of the molecule is COc1cc(/C=C/C(=O)Oc2ccc3cc(C(=O)NCCc4ccccc4)c(=O)oc3c2)ccc1OCc1ccccc1.